The molecule has 1 unspecified atom stereocenters. The highest BCUT2D eigenvalue weighted by molar-refractivity contribution is 4.81. The molecule has 6 heavy (non-hydrogen) atoms. The highest BCUT2D eigenvalue weighted by atomic mass is 16.5. The van der Waals surface area contributed by atoms with E-state index in [2.05, 4.69) is 5.32 Å². The van der Waals surface area contributed by atoms with E-state index in [9.17, 15) is 0 Å². The van der Waals surface area contributed by atoms with Gasteiger partial charge in [0.1, 0.15) is 0 Å². The van der Waals surface area contributed by atoms with Crippen LogP contribution in [0.3, 0.4) is 0 Å². The Morgan fingerprint density at radius 1 is 2.00 bits per heavy atom. The summed E-state index contributed by atoms with van der Waals surface area (Å²) in [6.45, 7) is 1.84. The molecule has 35 valence electrons. The second-order valence-corrected chi connectivity index (χ2v) is 1.47. The molecule has 0 bridgehead atoms. The van der Waals surface area contributed by atoms with Crippen molar-refractivity contribution in [1.82, 2.24) is 5.32 Å². The van der Waals surface area contributed by atoms with Crippen LogP contribution < -0.4 is 5.32 Å². The number of ether oxygens (including phenoxy) is 1. The SMILES string of the molecule is COCC1C[N]1. The number of hydrogen-bond acceptors (Lipinski definition) is 1. The van der Waals surface area contributed by atoms with Crippen LogP contribution in [0.1, 0.15) is 0 Å². The third kappa shape index (κ3) is 0.954. The van der Waals surface area contributed by atoms with Crippen molar-refractivity contribution >= 4 is 0 Å². The van der Waals surface area contributed by atoms with Gasteiger partial charge in [-0.3, -0.25) is 0 Å². The largest absolute Gasteiger partial charge is 0.383 e. The lowest BCUT2D eigenvalue weighted by atomic mass is 10.5. The standard InChI is InChI=1S/C4H8NO/c1-6-3-4-2-5-4/h4H,2-3H2,1H3. The molecular weight excluding hydrogens is 78.0 g/mol. The molecule has 0 aromatic carbocycles. The summed E-state index contributed by atoms with van der Waals surface area (Å²) in [5, 5.41) is 3.97. The minimum atomic E-state index is 0.551. The average molecular weight is 86.1 g/mol. The lowest BCUT2D eigenvalue weighted by molar-refractivity contribution is 0.200. The molecule has 1 rings (SSSR count). The first-order chi connectivity index (χ1) is 2.93. The fraction of sp³-hybridized carbons (Fsp3) is 1.00. The van der Waals surface area contributed by atoms with E-state index in [0.717, 1.165) is 13.2 Å². The first-order valence-electron chi connectivity index (χ1n) is 2.09. The smallest absolute Gasteiger partial charge is 0.0645 e. The van der Waals surface area contributed by atoms with Crippen LogP contribution in [0.25, 0.3) is 0 Å². The van der Waals surface area contributed by atoms with Crippen LogP contribution in [0.15, 0.2) is 0 Å². The zero-order chi connectivity index (χ0) is 4.41. The molecule has 1 atom stereocenters. The van der Waals surface area contributed by atoms with E-state index in [0.29, 0.717) is 6.04 Å². The summed E-state index contributed by atoms with van der Waals surface area (Å²) < 4.78 is 4.77. The predicted molar refractivity (Wildman–Crippen MR) is 22.7 cm³/mol. The van der Waals surface area contributed by atoms with Crippen molar-refractivity contribution in [2.45, 2.75) is 6.04 Å². The highest BCUT2D eigenvalue weighted by Crippen LogP contribution is 1.97. The first kappa shape index (κ1) is 4.09. The second kappa shape index (κ2) is 1.58. The van der Waals surface area contributed by atoms with Crippen molar-refractivity contribution in [3.8, 4) is 0 Å². The average Bonchev–Trinajstić information content (AvgIpc) is 2.21. The van der Waals surface area contributed by atoms with E-state index < -0.39 is 0 Å². The molecule has 1 heterocycles. The Kier molecular flexibility index (Phi) is 1.08. The molecular formula is C4H8NO. The van der Waals surface area contributed by atoms with Gasteiger partial charge in [0.25, 0.3) is 0 Å². The monoisotopic (exact) mass is 86.1 g/mol. The van der Waals surface area contributed by atoms with E-state index >= 15 is 0 Å². The van der Waals surface area contributed by atoms with Crippen LogP contribution in [0.4, 0.5) is 0 Å². The van der Waals surface area contributed by atoms with Crippen molar-refractivity contribution in [3.05, 3.63) is 0 Å². The van der Waals surface area contributed by atoms with Crippen LogP contribution in [0.5, 0.6) is 0 Å². The van der Waals surface area contributed by atoms with Gasteiger partial charge < -0.3 is 4.74 Å². The van der Waals surface area contributed by atoms with Gasteiger partial charge in [-0.25, -0.2) is 5.32 Å². The van der Waals surface area contributed by atoms with Gasteiger partial charge >= 0.3 is 0 Å². The van der Waals surface area contributed by atoms with Gasteiger partial charge in [0.2, 0.25) is 0 Å². The molecule has 0 aromatic rings. The van der Waals surface area contributed by atoms with E-state index in [1.807, 2.05) is 0 Å². The molecule has 1 radical (unpaired) electrons. The van der Waals surface area contributed by atoms with Crippen LogP contribution >= 0.6 is 0 Å². The molecule has 0 amide bonds. The maximum atomic E-state index is 4.77. The summed E-state index contributed by atoms with van der Waals surface area (Å²) in [5.41, 5.74) is 0. The second-order valence-electron chi connectivity index (χ2n) is 1.47. The van der Waals surface area contributed by atoms with Gasteiger partial charge in [-0.2, -0.15) is 0 Å². The molecule has 1 aliphatic heterocycles. The quantitative estimate of drug-likeness (QED) is 0.420. The minimum Gasteiger partial charge on any atom is -0.383 e. The van der Waals surface area contributed by atoms with Crippen LogP contribution in [-0.4, -0.2) is 26.3 Å². The summed E-state index contributed by atoms with van der Waals surface area (Å²) in [6, 6.07) is 0.551. The number of hydrogen-bond donors (Lipinski definition) is 0. The topological polar surface area (TPSA) is 23.3 Å². The molecule has 1 saturated heterocycles. The summed E-state index contributed by atoms with van der Waals surface area (Å²) in [6.07, 6.45) is 0. The van der Waals surface area contributed by atoms with Gasteiger partial charge in [0, 0.05) is 13.7 Å². The maximum Gasteiger partial charge on any atom is 0.0645 e. The van der Waals surface area contributed by atoms with Crippen molar-refractivity contribution in [2.24, 2.45) is 0 Å². The van der Waals surface area contributed by atoms with Gasteiger partial charge in [0.15, 0.2) is 0 Å². The normalized spacial score (nSPS) is 30.5. The summed E-state index contributed by atoms with van der Waals surface area (Å²) >= 11 is 0. The Labute approximate surface area is 37.5 Å². The molecule has 0 spiro atoms. The molecule has 0 aromatic heterocycles. The van der Waals surface area contributed by atoms with Crippen LogP contribution in [0, 0.1) is 0 Å². The zero-order valence-electron chi connectivity index (χ0n) is 3.85. The molecule has 1 fully saturated rings. The predicted octanol–water partition coefficient (Wildman–Crippen LogP) is -0.381. The van der Waals surface area contributed by atoms with Gasteiger partial charge in [-0.15, -0.1) is 0 Å². The number of methoxy groups -OCH3 is 1. The van der Waals surface area contributed by atoms with Crippen molar-refractivity contribution in [2.75, 3.05) is 20.3 Å². The van der Waals surface area contributed by atoms with Crippen molar-refractivity contribution in [1.29, 1.82) is 0 Å². The minimum absolute atomic E-state index is 0.551. The molecule has 0 saturated carbocycles. The van der Waals surface area contributed by atoms with Gasteiger partial charge in [0.05, 0.1) is 12.6 Å². The summed E-state index contributed by atoms with van der Waals surface area (Å²) in [5.74, 6) is 0. The van der Waals surface area contributed by atoms with Crippen LogP contribution in [-0.2, 0) is 4.74 Å². The Bertz CT molecular complexity index is 42.8. The molecule has 2 nitrogen and oxygen atoms in total. The van der Waals surface area contributed by atoms with Crippen molar-refractivity contribution in [3.63, 3.8) is 0 Å². The van der Waals surface area contributed by atoms with Gasteiger partial charge in [-0.05, 0) is 0 Å². The molecule has 0 N–H and O–H groups in total. The number of rotatable bonds is 2. The molecule has 1 aliphatic rings. The molecule has 0 aliphatic carbocycles. The van der Waals surface area contributed by atoms with Gasteiger partial charge in [-0.1, -0.05) is 0 Å². The lowest BCUT2D eigenvalue weighted by Crippen LogP contribution is -1.97. The Morgan fingerprint density at radius 2 is 2.67 bits per heavy atom. The Balaban J connectivity index is 1.88. The zero-order valence-corrected chi connectivity index (χ0v) is 3.85. The highest BCUT2D eigenvalue weighted by Gasteiger charge is 2.20. The fourth-order valence-corrected chi connectivity index (χ4v) is 0.372. The molecule has 2 heteroatoms. The summed E-state index contributed by atoms with van der Waals surface area (Å²) in [7, 11) is 1.70. The summed E-state index contributed by atoms with van der Waals surface area (Å²) in [4.78, 5) is 0. The third-order valence-corrected chi connectivity index (χ3v) is 0.800. The fourth-order valence-electron chi connectivity index (χ4n) is 0.372. The van der Waals surface area contributed by atoms with E-state index in [-0.39, 0.29) is 0 Å². The number of nitrogens with zero attached hydrogens (tertiary/aromatic N) is 1. The van der Waals surface area contributed by atoms with Crippen LogP contribution in [0.2, 0.25) is 0 Å². The first-order valence-corrected chi connectivity index (χ1v) is 2.09. The van der Waals surface area contributed by atoms with Crippen molar-refractivity contribution < 1.29 is 4.74 Å². The third-order valence-electron chi connectivity index (χ3n) is 0.800. The van der Waals surface area contributed by atoms with E-state index in [1.54, 1.807) is 7.11 Å². The Hall–Kier alpha value is -0.0800. The Morgan fingerprint density at radius 3 is 2.83 bits per heavy atom. The lowest BCUT2D eigenvalue weighted by Gasteiger charge is -1.85. The van der Waals surface area contributed by atoms with E-state index in [4.69, 9.17) is 4.74 Å². The van der Waals surface area contributed by atoms with E-state index in [1.165, 1.54) is 0 Å². The maximum absolute atomic E-state index is 4.77.